The van der Waals surface area contributed by atoms with Crippen LogP contribution < -0.4 is 5.32 Å². The predicted octanol–water partition coefficient (Wildman–Crippen LogP) is 1.64. The van der Waals surface area contributed by atoms with Crippen molar-refractivity contribution in [3.8, 4) is 0 Å². The van der Waals surface area contributed by atoms with E-state index in [1.165, 1.54) is 11.1 Å². The lowest BCUT2D eigenvalue weighted by Gasteiger charge is -2.25. The molecule has 4 nitrogen and oxygen atoms in total. The third-order valence-corrected chi connectivity index (χ3v) is 5.24. The summed E-state index contributed by atoms with van der Waals surface area (Å²) >= 11 is 0. The van der Waals surface area contributed by atoms with Crippen molar-refractivity contribution in [1.82, 2.24) is 10.2 Å². The lowest BCUT2D eigenvalue weighted by molar-refractivity contribution is -0.130. The van der Waals surface area contributed by atoms with Gasteiger partial charge < -0.3 is 4.90 Å². The van der Waals surface area contributed by atoms with E-state index in [2.05, 4.69) is 37.4 Å². The maximum Gasteiger partial charge on any atom is 0.244 e. The van der Waals surface area contributed by atoms with Crippen LogP contribution in [0, 0.1) is 13.8 Å². The first-order valence-electron chi connectivity index (χ1n) is 7.39. The van der Waals surface area contributed by atoms with Gasteiger partial charge in [0.15, 0.2) is 0 Å². The molecule has 2 fully saturated rings. The Kier molecular flexibility index (Phi) is 3.66. The zero-order chi connectivity index (χ0) is 15.2. The molecule has 114 valence electrons. The molecule has 3 rings (SSSR count). The van der Waals surface area contributed by atoms with Crippen molar-refractivity contribution in [2.24, 2.45) is 0 Å². The second kappa shape index (κ2) is 5.21. The van der Waals surface area contributed by atoms with E-state index in [9.17, 15) is 9.00 Å². The Morgan fingerprint density at radius 3 is 2.67 bits per heavy atom. The van der Waals surface area contributed by atoms with Crippen molar-refractivity contribution in [1.29, 1.82) is 0 Å². The molecule has 0 aromatic heterocycles. The number of carbonyl (C=O) groups excluding carboxylic acids is 1. The molecule has 5 heteroatoms. The van der Waals surface area contributed by atoms with E-state index < -0.39 is 10.8 Å². The quantitative estimate of drug-likeness (QED) is 0.920. The van der Waals surface area contributed by atoms with Crippen molar-refractivity contribution in [3.05, 3.63) is 34.9 Å². The molecule has 1 spiro atoms. The summed E-state index contributed by atoms with van der Waals surface area (Å²) in [6.07, 6.45) is 3.44. The van der Waals surface area contributed by atoms with E-state index in [1.54, 1.807) is 6.26 Å². The summed E-state index contributed by atoms with van der Waals surface area (Å²) < 4.78 is 11.4. The van der Waals surface area contributed by atoms with Crippen molar-refractivity contribution in [3.63, 3.8) is 0 Å². The Hall–Kier alpha value is -1.20. The van der Waals surface area contributed by atoms with E-state index >= 15 is 0 Å². The summed E-state index contributed by atoms with van der Waals surface area (Å²) in [5, 5.41) is 3.52. The number of rotatable bonds is 4. The zero-order valence-electron chi connectivity index (χ0n) is 12.8. The normalized spacial score (nSPS) is 24.6. The fourth-order valence-electron chi connectivity index (χ4n) is 3.11. The first-order valence-corrected chi connectivity index (χ1v) is 9.12. The number of amides is 1. The van der Waals surface area contributed by atoms with Gasteiger partial charge in [0.05, 0.1) is 0 Å². The number of nitrogens with one attached hydrogen (secondary N) is 1. The van der Waals surface area contributed by atoms with Gasteiger partial charge >= 0.3 is 0 Å². The molecular weight excluding hydrogens is 284 g/mol. The van der Waals surface area contributed by atoms with Crippen LogP contribution in [0.4, 0.5) is 0 Å². The molecule has 21 heavy (non-hydrogen) atoms. The van der Waals surface area contributed by atoms with Crippen LogP contribution in [0.1, 0.15) is 35.7 Å². The molecule has 1 saturated carbocycles. The third kappa shape index (κ3) is 2.64. The van der Waals surface area contributed by atoms with E-state index in [1.807, 2.05) is 4.90 Å². The van der Waals surface area contributed by atoms with Crippen LogP contribution in [-0.2, 0) is 15.6 Å². The summed E-state index contributed by atoms with van der Waals surface area (Å²) in [5.41, 5.74) is 3.24. The minimum atomic E-state index is -0.883. The smallest absolute Gasteiger partial charge is 0.244 e. The predicted molar refractivity (Wildman–Crippen MR) is 84.4 cm³/mol. The van der Waals surface area contributed by atoms with Crippen LogP contribution in [0.15, 0.2) is 18.2 Å². The van der Waals surface area contributed by atoms with Gasteiger partial charge in [-0.25, -0.2) is 0 Å². The molecule has 0 radical (unpaired) electrons. The highest BCUT2D eigenvalue weighted by molar-refractivity contribution is 7.84. The number of carbonyl (C=O) groups is 1. The van der Waals surface area contributed by atoms with Gasteiger partial charge in [0.2, 0.25) is 5.91 Å². The maximum absolute atomic E-state index is 12.6. The standard InChI is InChI=1S/C16H22N2O2S/c1-11-4-5-13(12(2)10-11)14-17-16(6-7-16)15(19)18(14)8-9-21(3)20/h4-5,10,14,17H,6-9H2,1-3H3. The highest BCUT2D eigenvalue weighted by atomic mass is 32.2. The molecule has 1 N–H and O–H groups in total. The number of hydrogen-bond donors (Lipinski definition) is 1. The number of benzene rings is 1. The second-order valence-corrected chi connectivity index (χ2v) is 7.82. The van der Waals surface area contributed by atoms with Gasteiger partial charge in [-0.05, 0) is 37.8 Å². The summed E-state index contributed by atoms with van der Waals surface area (Å²) in [6.45, 7) is 4.71. The van der Waals surface area contributed by atoms with E-state index in [4.69, 9.17) is 0 Å². The van der Waals surface area contributed by atoms with Gasteiger partial charge in [-0.3, -0.25) is 14.3 Å². The molecule has 2 aliphatic rings. The molecule has 1 aliphatic carbocycles. The Labute approximate surface area is 128 Å². The first kappa shape index (κ1) is 14.7. The highest BCUT2D eigenvalue weighted by Gasteiger charge is 2.59. The average Bonchev–Trinajstić information content (AvgIpc) is 3.12. The molecule has 1 aromatic rings. The molecule has 2 unspecified atom stereocenters. The summed E-state index contributed by atoms with van der Waals surface area (Å²) in [7, 11) is -0.883. The van der Waals surface area contributed by atoms with Gasteiger partial charge in [0, 0.05) is 29.4 Å². The van der Waals surface area contributed by atoms with E-state index in [0.29, 0.717) is 12.3 Å². The molecule has 1 aromatic carbocycles. The topological polar surface area (TPSA) is 49.4 Å². The van der Waals surface area contributed by atoms with Crippen molar-refractivity contribution < 1.29 is 9.00 Å². The van der Waals surface area contributed by atoms with Crippen molar-refractivity contribution >= 4 is 16.7 Å². The van der Waals surface area contributed by atoms with E-state index in [-0.39, 0.29) is 17.6 Å². The minimum Gasteiger partial charge on any atom is -0.320 e. The summed E-state index contributed by atoms with van der Waals surface area (Å²) in [4.78, 5) is 14.5. The van der Waals surface area contributed by atoms with Crippen LogP contribution >= 0.6 is 0 Å². The second-order valence-electron chi connectivity index (χ2n) is 6.26. The molecule has 2 atom stereocenters. The van der Waals surface area contributed by atoms with Crippen LogP contribution in [0.5, 0.6) is 0 Å². The lowest BCUT2D eigenvalue weighted by Crippen LogP contribution is -2.35. The van der Waals surface area contributed by atoms with Crippen LogP contribution in [0.3, 0.4) is 0 Å². The molecule has 1 amide bonds. The molecule has 0 bridgehead atoms. The average molecular weight is 306 g/mol. The number of hydrogen-bond acceptors (Lipinski definition) is 3. The van der Waals surface area contributed by atoms with Crippen LogP contribution in [0.25, 0.3) is 0 Å². The molecular formula is C16H22N2O2S. The molecule has 1 heterocycles. The van der Waals surface area contributed by atoms with Crippen LogP contribution in [0.2, 0.25) is 0 Å². The Bertz CT molecular complexity index is 610. The number of nitrogens with zero attached hydrogens (tertiary/aromatic N) is 1. The fraction of sp³-hybridized carbons (Fsp3) is 0.562. The Morgan fingerprint density at radius 2 is 2.10 bits per heavy atom. The van der Waals surface area contributed by atoms with Gasteiger partial charge in [-0.2, -0.15) is 0 Å². The molecule has 1 saturated heterocycles. The van der Waals surface area contributed by atoms with Gasteiger partial charge in [-0.15, -0.1) is 0 Å². The van der Waals surface area contributed by atoms with Crippen molar-refractivity contribution in [2.45, 2.75) is 38.4 Å². The SMILES string of the molecule is Cc1ccc(C2NC3(CC3)C(=O)N2CCS(C)=O)c(C)c1. The van der Waals surface area contributed by atoms with Crippen molar-refractivity contribution in [2.75, 3.05) is 18.6 Å². The van der Waals surface area contributed by atoms with E-state index in [0.717, 1.165) is 18.4 Å². The fourth-order valence-corrected chi connectivity index (χ4v) is 3.57. The largest absolute Gasteiger partial charge is 0.320 e. The minimum absolute atomic E-state index is 0.0795. The monoisotopic (exact) mass is 306 g/mol. The van der Waals surface area contributed by atoms with Gasteiger partial charge in [0.25, 0.3) is 0 Å². The summed E-state index contributed by atoms with van der Waals surface area (Å²) in [5.74, 6) is 0.711. The Balaban J connectivity index is 1.90. The lowest BCUT2D eigenvalue weighted by atomic mass is 10.0. The highest BCUT2D eigenvalue weighted by Crippen LogP contribution is 2.46. The number of aryl methyl sites for hydroxylation is 2. The van der Waals surface area contributed by atoms with Crippen LogP contribution in [-0.4, -0.2) is 39.1 Å². The van der Waals surface area contributed by atoms with Gasteiger partial charge in [-0.1, -0.05) is 23.8 Å². The molecule has 1 aliphatic heterocycles. The Morgan fingerprint density at radius 1 is 1.38 bits per heavy atom. The summed E-state index contributed by atoms with van der Waals surface area (Å²) in [6, 6.07) is 6.34. The maximum atomic E-state index is 12.6. The van der Waals surface area contributed by atoms with Gasteiger partial charge in [0.1, 0.15) is 11.7 Å². The third-order valence-electron chi connectivity index (χ3n) is 4.48. The first-order chi connectivity index (χ1) is 9.93. The zero-order valence-corrected chi connectivity index (χ0v) is 13.6.